The minimum atomic E-state index is -1.67. The predicted molar refractivity (Wildman–Crippen MR) is 75.1 cm³/mol. The van der Waals surface area contributed by atoms with Gasteiger partial charge in [-0.15, -0.1) is 23.2 Å². The Morgan fingerprint density at radius 1 is 1.28 bits per heavy atom. The Bertz CT molecular complexity index is 448. The number of alkyl halides is 4. The van der Waals surface area contributed by atoms with Crippen molar-refractivity contribution in [1.82, 2.24) is 0 Å². The fourth-order valence-corrected chi connectivity index (χ4v) is 5.15. The molecule has 0 aliphatic heterocycles. The van der Waals surface area contributed by atoms with Gasteiger partial charge in [0.05, 0.1) is 22.6 Å². The van der Waals surface area contributed by atoms with E-state index in [4.69, 9.17) is 74.3 Å². The summed E-state index contributed by atoms with van der Waals surface area (Å²) in [6.07, 6.45) is 0.0823. The van der Waals surface area contributed by atoms with Crippen molar-refractivity contribution in [2.75, 3.05) is 6.61 Å². The Morgan fingerprint density at radius 3 is 2.22 bits per heavy atom. The van der Waals surface area contributed by atoms with E-state index in [2.05, 4.69) is 0 Å². The van der Waals surface area contributed by atoms with E-state index in [1.807, 2.05) is 0 Å². The fourth-order valence-electron chi connectivity index (χ4n) is 2.40. The molecule has 18 heavy (non-hydrogen) atoms. The van der Waals surface area contributed by atoms with Gasteiger partial charge in [-0.3, -0.25) is 4.79 Å². The van der Waals surface area contributed by atoms with Crippen LogP contribution in [0, 0.1) is 5.92 Å². The van der Waals surface area contributed by atoms with Crippen molar-refractivity contribution in [3.8, 4) is 0 Å². The Hall–Kier alpha value is 0.950. The average Bonchev–Trinajstić information content (AvgIpc) is 2.51. The second-order valence-electron chi connectivity index (χ2n) is 4.22. The summed E-state index contributed by atoms with van der Waals surface area (Å²) in [7, 11) is 0. The van der Waals surface area contributed by atoms with Gasteiger partial charge in [0, 0.05) is 0 Å². The van der Waals surface area contributed by atoms with Gasteiger partial charge in [0.25, 0.3) is 0 Å². The quantitative estimate of drug-likeness (QED) is 0.530. The molecule has 2 nitrogen and oxygen atoms in total. The number of fused-ring (bicyclic) bond motifs is 2. The van der Waals surface area contributed by atoms with Crippen molar-refractivity contribution in [2.45, 2.75) is 27.4 Å². The van der Waals surface area contributed by atoms with Gasteiger partial charge in [-0.1, -0.05) is 46.4 Å². The maximum absolute atomic E-state index is 11.9. The molecule has 2 bridgehead atoms. The van der Waals surface area contributed by atoms with Crippen molar-refractivity contribution in [3.63, 3.8) is 0 Å². The summed E-state index contributed by atoms with van der Waals surface area (Å²) >= 11 is 37.3. The molecule has 0 aromatic rings. The van der Waals surface area contributed by atoms with Gasteiger partial charge >= 0.3 is 5.97 Å². The molecule has 0 N–H and O–H groups in total. The van der Waals surface area contributed by atoms with E-state index in [1.54, 1.807) is 6.92 Å². The largest absolute Gasteiger partial charge is 0.466 e. The van der Waals surface area contributed by atoms with E-state index < -0.39 is 26.0 Å². The minimum absolute atomic E-state index is 0.00939. The highest BCUT2D eigenvalue weighted by molar-refractivity contribution is 6.65. The summed E-state index contributed by atoms with van der Waals surface area (Å²) in [4.78, 5) is 9.00. The highest BCUT2D eigenvalue weighted by atomic mass is 35.5. The third-order valence-corrected chi connectivity index (χ3v) is 7.63. The number of rotatable bonds is 2. The van der Waals surface area contributed by atoms with Gasteiger partial charge in [-0.2, -0.15) is 0 Å². The first-order valence-electron chi connectivity index (χ1n) is 5.13. The van der Waals surface area contributed by atoms with Crippen molar-refractivity contribution < 1.29 is 9.53 Å². The number of allylic oxidation sites excluding steroid dienone is 2. The van der Waals surface area contributed by atoms with Crippen LogP contribution in [0.25, 0.3) is 0 Å². The molecule has 0 aromatic heterocycles. The lowest BCUT2D eigenvalue weighted by atomic mass is 9.92. The van der Waals surface area contributed by atoms with Crippen LogP contribution >= 0.6 is 69.6 Å². The molecule has 8 heteroatoms. The lowest BCUT2D eigenvalue weighted by Gasteiger charge is -2.32. The minimum Gasteiger partial charge on any atom is -0.466 e. The molecule has 1 fully saturated rings. The molecule has 0 heterocycles. The number of ether oxygens (including phenoxy) is 1. The van der Waals surface area contributed by atoms with Gasteiger partial charge in [0.2, 0.25) is 0 Å². The number of esters is 1. The van der Waals surface area contributed by atoms with Gasteiger partial charge in [-0.25, -0.2) is 0 Å². The van der Waals surface area contributed by atoms with Crippen LogP contribution in [0.5, 0.6) is 0 Å². The molecule has 0 spiro atoms. The number of halogens is 6. The van der Waals surface area contributed by atoms with Crippen LogP contribution < -0.4 is 0 Å². The van der Waals surface area contributed by atoms with Crippen molar-refractivity contribution in [2.24, 2.45) is 5.92 Å². The molecule has 0 saturated heterocycles. The Kier molecular flexibility index (Phi) is 3.81. The lowest BCUT2D eigenvalue weighted by molar-refractivity contribution is -0.148. The molecular formula is C10H8Cl6O2. The molecular weight excluding hydrogens is 365 g/mol. The molecule has 1 saturated carbocycles. The smallest absolute Gasteiger partial charge is 0.311 e. The maximum atomic E-state index is 11.9. The second-order valence-corrected chi connectivity index (χ2v) is 7.55. The van der Waals surface area contributed by atoms with Crippen LogP contribution in [0.2, 0.25) is 0 Å². The van der Waals surface area contributed by atoms with Crippen LogP contribution in [0.3, 0.4) is 0 Å². The summed E-state index contributed by atoms with van der Waals surface area (Å²) in [6, 6.07) is 0. The second kappa shape index (κ2) is 4.47. The van der Waals surface area contributed by atoms with E-state index in [9.17, 15) is 4.79 Å². The molecule has 0 amide bonds. The average molecular weight is 373 g/mol. The van der Waals surface area contributed by atoms with Crippen LogP contribution in [0.15, 0.2) is 10.1 Å². The van der Waals surface area contributed by atoms with Gasteiger partial charge < -0.3 is 4.74 Å². The van der Waals surface area contributed by atoms with Crippen molar-refractivity contribution in [3.05, 3.63) is 10.1 Å². The summed E-state index contributed by atoms with van der Waals surface area (Å²) < 4.78 is 3.27. The summed E-state index contributed by atoms with van der Waals surface area (Å²) in [5.74, 6) is -1.37. The highest BCUT2D eigenvalue weighted by Gasteiger charge is 2.80. The number of hydrogen-bond acceptors (Lipinski definition) is 2. The van der Waals surface area contributed by atoms with E-state index in [0.29, 0.717) is 0 Å². The molecule has 2 aliphatic rings. The Morgan fingerprint density at radius 2 is 1.83 bits per heavy atom. The molecule has 3 unspecified atom stereocenters. The fraction of sp³-hybridized carbons (Fsp3) is 0.700. The monoisotopic (exact) mass is 370 g/mol. The standard InChI is InChI=1S/C10H8Cl6O2/c1-2-18-7(17)4-3-8(13)5(11)6(12)9(4,14)10(8,15)16/h4H,2-3H2,1H3. The van der Waals surface area contributed by atoms with E-state index in [-0.39, 0.29) is 23.1 Å². The third kappa shape index (κ3) is 1.54. The molecule has 3 atom stereocenters. The van der Waals surface area contributed by atoms with Crippen molar-refractivity contribution in [1.29, 1.82) is 0 Å². The third-order valence-electron chi connectivity index (χ3n) is 3.35. The van der Waals surface area contributed by atoms with E-state index in [0.717, 1.165) is 0 Å². The number of carbonyl (C=O) groups excluding carboxylic acids is 1. The van der Waals surface area contributed by atoms with Gasteiger partial charge in [-0.05, 0) is 13.3 Å². The SMILES string of the molecule is CCOC(=O)C1CC2(Cl)C(Cl)=C(Cl)C1(Cl)C2(Cl)Cl. The first-order chi connectivity index (χ1) is 8.14. The van der Waals surface area contributed by atoms with E-state index >= 15 is 0 Å². The van der Waals surface area contributed by atoms with Gasteiger partial charge in [0.1, 0.15) is 9.75 Å². The van der Waals surface area contributed by atoms with Crippen LogP contribution in [-0.4, -0.2) is 26.7 Å². The summed E-state index contributed by atoms with van der Waals surface area (Å²) in [5.41, 5.74) is 0. The van der Waals surface area contributed by atoms with Crippen molar-refractivity contribution >= 4 is 75.6 Å². The van der Waals surface area contributed by atoms with Crippen LogP contribution in [-0.2, 0) is 9.53 Å². The van der Waals surface area contributed by atoms with E-state index in [1.165, 1.54) is 0 Å². The number of hydrogen-bond donors (Lipinski definition) is 0. The Labute approximate surface area is 134 Å². The summed E-state index contributed by atoms with van der Waals surface area (Å²) in [6.45, 7) is 1.89. The number of carbonyl (C=O) groups is 1. The Balaban J connectivity index is 2.52. The zero-order valence-electron chi connectivity index (χ0n) is 9.08. The predicted octanol–water partition coefficient (Wildman–Crippen LogP) is 4.40. The zero-order valence-corrected chi connectivity index (χ0v) is 13.6. The first kappa shape index (κ1) is 15.3. The molecule has 2 rings (SSSR count). The summed E-state index contributed by atoms with van der Waals surface area (Å²) in [5, 5.41) is 0.0986. The normalized spacial score (nSPS) is 41.4. The molecule has 102 valence electrons. The molecule has 2 aliphatic carbocycles. The van der Waals surface area contributed by atoms with Crippen LogP contribution in [0.4, 0.5) is 0 Å². The molecule has 0 radical (unpaired) electrons. The molecule has 0 aromatic carbocycles. The lowest BCUT2D eigenvalue weighted by Crippen LogP contribution is -2.46. The highest BCUT2D eigenvalue weighted by Crippen LogP contribution is 2.74. The topological polar surface area (TPSA) is 26.3 Å². The van der Waals surface area contributed by atoms with Gasteiger partial charge in [0.15, 0.2) is 4.33 Å². The first-order valence-corrected chi connectivity index (χ1v) is 7.39. The zero-order chi connectivity index (χ0) is 13.9. The maximum Gasteiger partial charge on any atom is 0.311 e. The van der Waals surface area contributed by atoms with Crippen LogP contribution in [0.1, 0.15) is 13.3 Å².